The lowest BCUT2D eigenvalue weighted by molar-refractivity contribution is -0.120. The number of ether oxygens (including phenoxy) is 3. The molecule has 1 atom stereocenters. The van der Waals surface area contributed by atoms with Gasteiger partial charge in [-0.3, -0.25) is 9.69 Å². The molecule has 0 aromatic heterocycles. The van der Waals surface area contributed by atoms with Gasteiger partial charge < -0.3 is 19.5 Å². The van der Waals surface area contributed by atoms with Crippen LogP contribution in [0.2, 0.25) is 0 Å². The van der Waals surface area contributed by atoms with Crippen molar-refractivity contribution in [3.05, 3.63) is 125 Å². The van der Waals surface area contributed by atoms with E-state index < -0.39 is 0 Å². The van der Waals surface area contributed by atoms with Crippen LogP contribution in [0.4, 0.5) is 0 Å². The zero-order chi connectivity index (χ0) is 34.8. The highest BCUT2D eigenvalue weighted by atomic mass is 35.5. The third kappa shape index (κ3) is 8.91. The van der Waals surface area contributed by atoms with Gasteiger partial charge in [0.05, 0.1) is 27.8 Å². The summed E-state index contributed by atoms with van der Waals surface area (Å²) in [6.45, 7) is 2.89. The molecule has 0 radical (unpaired) electrons. The van der Waals surface area contributed by atoms with Crippen LogP contribution in [-0.2, 0) is 29.5 Å². The minimum absolute atomic E-state index is 0. The number of carbonyl (C=O) groups excluding carboxylic acids is 1. The van der Waals surface area contributed by atoms with Crippen molar-refractivity contribution in [1.29, 1.82) is 0 Å². The number of hydrogen-bond acceptors (Lipinski definition) is 5. The van der Waals surface area contributed by atoms with E-state index in [0.29, 0.717) is 13.0 Å². The van der Waals surface area contributed by atoms with Crippen LogP contribution >= 0.6 is 12.4 Å². The van der Waals surface area contributed by atoms with E-state index in [2.05, 4.69) is 83.0 Å². The van der Waals surface area contributed by atoms with Crippen LogP contribution in [0.1, 0.15) is 79.2 Å². The minimum Gasteiger partial charge on any atom is -0.497 e. The summed E-state index contributed by atoms with van der Waals surface area (Å²) in [4.78, 5) is 15.8. The first kappa shape index (κ1) is 38.2. The molecule has 0 bridgehead atoms. The van der Waals surface area contributed by atoms with Crippen molar-refractivity contribution in [1.82, 2.24) is 10.2 Å². The summed E-state index contributed by atoms with van der Waals surface area (Å²) in [6.07, 6.45) is 11.5. The van der Waals surface area contributed by atoms with E-state index in [1.54, 1.807) is 21.3 Å². The first-order valence-corrected chi connectivity index (χ1v) is 18.5. The predicted molar refractivity (Wildman–Crippen MR) is 209 cm³/mol. The number of hydrogen-bond donors (Lipinski definition) is 1. The van der Waals surface area contributed by atoms with Gasteiger partial charge in [0.15, 0.2) is 11.5 Å². The van der Waals surface area contributed by atoms with Crippen molar-refractivity contribution in [3.63, 3.8) is 0 Å². The Morgan fingerprint density at radius 2 is 1.43 bits per heavy atom. The number of nitrogens with one attached hydrogen (secondary N) is 1. The fraction of sp³-hybridized carbons (Fsp3) is 0.432. The van der Waals surface area contributed by atoms with Crippen LogP contribution < -0.4 is 19.5 Å². The second-order valence-corrected chi connectivity index (χ2v) is 14.2. The fourth-order valence-electron chi connectivity index (χ4n) is 8.76. The van der Waals surface area contributed by atoms with Gasteiger partial charge in [-0.2, -0.15) is 0 Å². The molecule has 1 amide bonds. The summed E-state index contributed by atoms with van der Waals surface area (Å²) in [5.74, 6) is 2.48. The lowest BCUT2D eigenvalue weighted by Crippen LogP contribution is -2.55. The average Bonchev–Trinajstić information content (AvgIpc) is 3.16. The van der Waals surface area contributed by atoms with E-state index in [1.165, 1.54) is 47.9 Å². The van der Waals surface area contributed by atoms with E-state index in [9.17, 15) is 4.79 Å². The Morgan fingerprint density at radius 1 is 0.765 bits per heavy atom. The molecule has 1 N–H and O–H groups in total. The Labute approximate surface area is 311 Å². The van der Waals surface area contributed by atoms with E-state index >= 15 is 0 Å². The molecule has 1 aliphatic heterocycles. The van der Waals surface area contributed by atoms with Crippen LogP contribution in [0.25, 0.3) is 0 Å². The number of amides is 1. The topological polar surface area (TPSA) is 60.0 Å². The predicted octanol–water partition coefficient (Wildman–Crippen LogP) is 8.75. The molecule has 1 aliphatic carbocycles. The molecule has 1 spiro atoms. The van der Waals surface area contributed by atoms with Gasteiger partial charge in [0.25, 0.3) is 0 Å². The summed E-state index contributed by atoms with van der Waals surface area (Å²) in [6, 6.07) is 34.3. The Hall–Kier alpha value is -4.00. The Morgan fingerprint density at radius 3 is 2.10 bits per heavy atom. The standard InChI is InChI=1S/C44H54N2O4.ClH/c1-48-39-20-12-15-34(29-39)30-42(47)45-26-13-23-44(37-16-6-4-7-17-37,38-18-8-5-9-19-38)24-14-28-46-27-11-10-22-43(46)25-21-35-31-40(49-2)41(50-3)32-36(35)33-43;/h4-9,12,15-20,29,31-32H,10-11,13-14,21-28,30,33H2,1-3H3,(H,45,47);1H. The molecule has 1 heterocycles. The van der Waals surface area contributed by atoms with E-state index in [1.807, 2.05) is 24.3 Å². The van der Waals surface area contributed by atoms with Crippen LogP contribution in [0.5, 0.6) is 17.2 Å². The zero-order valence-corrected chi connectivity index (χ0v) is 31.4. The van der Waals surface area contributed by atoms with E-state index in [-0.39, 0.29) is 29.3 Å². The molecular formula is C44H55ClN2O4. The first-order chi connectivity index (χ1) is 24.5. The van der Waals surface area contributed by atoms with Gasteiger partial charge in [-0.1, -0.05) is 79.2 Å². The number of rotatable bonds is 15. The molecule has 0 saturated carbocycles. The second kappa shape index (κ2) is 18.0. The Balaban J connectivity index is 0.00000504. The number of aryl methyl sites for hydroxylation is 1. The number of benzene rings is 4. The second-order valence-electron chi connectivity index (χ2n) is 14.2. The summed E-state index contributed by atoms with van der Waals surface area (Å²) in [7, 11) is 5.11. The SMILES string of the molecule is COc1cccc(CC(=O)NCCCC(CCCN2CCCCC23CCc2cc(OC)c(OC)cc2C3)(c2ccccc2)c2ccccc2)c1.Cl. The normalized spacial score (nSPS) is 17.2. The van der Waals surface area contributed by atoms with Gasteiger partial charge in [-0.25, -0.2) is 0 Å². The molecule has 51 heavy (non-hydrogen) atoms. The summed E-state index contributed by atoms with van der Waals surface area (Å²) >= 11 is 0. The highest BCUT2D eigenvalue weighted by Crippen LogP contribution is 2.45. The number of methoxy groups -OCH3 is 3. The van der Waals surface area contributed by atoms with Crippen molar-refractivity contribution < 1.29 is 19.0 Å². The third-order valence-corrected chi connectivity index (χ3v) is 11.4. The fourth-order valence-corrected chi connectivity index (χ4v) is 8.76. The molecule has 4 aromatic rings. The molecule has 1 saturated heterocycles. The number of halogens is 1. The third-order valence-electron chi connectivity index (χ3n) is 11.4. The molecule has 272 valence electrons. The number of nitrogens with zero attached hydrogens (tertiary/aromatic N) is 1. The molecule has 1 unspecified atom stereocenters. The van der Waals surface area contributed by atoms with Gasteiger partial charge in [0.2, 0.25) is 5.91 Å². The molecule has 4 aromatic carbocycles. The lowest BCUT2D eigenvalue weighted by atomic mass is 9.68. The van der Waals surface area contributed by atoms with Gasteiger partial charge in [-0.05, 0) is 123 Å². The maximum absolute atomic E-state index is 12.9. The number of carbonyl (C=O) groups is 1. The van der Waals surface area contributed by atoms with E-state index in [4.69, 9.17) is 14.2 Å². The number of fused-ring (bicyclic) bond motifs is 1. The van der Waals surface area contributed by atoms with Crippen molar-refractivity contribution >= 4 is 18.3 Å². The van der Waals surface area contributed by atoms with Crippen LogP contribution in [-0.4, -0.2) is 57.3 Å². The van der Waals surface area contributed by atoms with Crippen molar-refractivity contribution in [2.75, 3.05) is 41.0 Å². The molecule has 6 rings (SSSR count). The maximum Gasteiger partial charge on any atom is 0.224 e. The Bertz CT molecular complexity index is 1660. The van der Waals surface area contributed by atoms with Crippen LogP contribution in [0.3, 0.4) is 0 Å². The summed E-state index contributed by atoms with van der Waals surface area (Å²) in [5, 5.41) is 3.21. The number of likely N-dealkylation sites (tertiary alicyclic amines) is 1. The van der Waals surface area contributed by atoms with E-state index in [0.717, 1.165) is 74.4 Å². The molecule has 1 fully saturated rings. The first-order valence-electron chi connectivity index (χ1n) is 18.5. The van der Waals surface area contributed by atoms with Crippen LogP contribution in [0, 0.1) is 0 Å². The highest BCUT2D eigenvalue weighted by molar-refractivity contribution is 5.85. The van der Waals surface area contributed by atoms with Gasteiger partial charge in [0, 0.05) is 17.5 Å². The molecule has 6 nitrogen and oxygen atoms in total. The average molecular weight is 711 g/mol. The molecule has 2 aliphatic rings. The summed E-state index contributed by atoms with van der Waals surface area (Å²) in [5.41, 5.74) is 6.54. The van der Waals surface area contributed by atoms with Gasteiger partial charge in [-0.15, -0.1) is 12.4 Å². The van der Waals surface area contributed by atoms with Gasteiger partial charge in [0.1, 0.15) is 5.75 Å². The maximum atomic E-state index is 12.9. The summed E-state index contributed by atoms with van der Waals surface area (Å²) < 4.78 is 16.7. The van der Waals surface area contributed by atoms with Crippen molar-refractivity contribution in [2.24, 2.45) is 0 Å². The Kier molecular flexibility index (Phi) is 13.5. The quantitative estimate of drug-likeness (QED) is 0.125. The van der Waals surface area contributed by atoms with Gasteiger partial charge >= 0.3 is 0 Å². The largest absolute Gasteiger partial charge is 0.497 e. The van der Waals surface area contributed by atoms with Crippen molar-refractivity contribution in [3.8, 4) is 17.2 Å². The smallest absolute Gasteiger partial charge is 0.224 e. The monoisotopic (exact) mass is 710 g/mol. The van der Waals surface area contributed by atoms with Crippen LogP contribution in [0.15, 0.2) is 97.1 Å². The number of piperidine rings is 1. The van der Waals surface area contributed by atoms with Crippen molar-refractivity contribution in [2.45, 2.75) is 81.6 Å². The zero-order valence-electron chi connectivity index (χ0n) is 30.6. The minimum atomic E-state index is -0.147. The molecule has 7 heteroatoms. The highest BCUT2D eigenvalue weighted by Gasteiger charge is 2.42. The molecular weight excluding hydrogens is 656 g/mol. The lowest BCUT2D eigenvalue weighted by Gasteiger charge is -2.50.